The van der Waals surface area contributed by atoms with Crippen LogP contribution in [0.1, 0.15) is 30.9 Å². The van der Waals surface area contributed by atoms with Crippen LogP contribution < -0.4 is 9.47 Å². The van der Waals surface area contributed by atoms with Gasteiger partial charge in [0.05, 0.1) is 27.7 Å². The molecule has 38 heavy (non-hydrogen) atoms. The zero-order valence-electron chi connectivity index (χ0n) is 20.4. The van der Waals surface area contributed by atoms with E-state index in [1.165, 1.54) is 19.2 Å². The number of ether oxygens (including phenoxy) is 2. The van der Waals surface area contributed by atoms with E-state index in [0.29, 0.717) is 34.0 Å². The fraction of sp³-hybridized carbons (Fsp3) is 0.192. The highest BCUT2D eigenvalue weighted by Gasteiger charge is 2.30. The molecule has 0 aliphatic heterocycles. The van der Waals surface area contributed by atoms with Gasteiger partial charge in [0, 0.05) is 17.3 Å². The Hall–Kier alpha value is -3.18. The van der Waals surface area contributed by atoms with Gasteiger partial charge in [0.2, 0.25) is 0 Å². The van der Waals surface area contributed by atoms with Crippen molar-refractivity contribution in [3.05, 3.63) is 99.6 Å². The van der Waals surface area contributed by atoms with Gasteiger partial charge in [-0.15, -0.1) is 0 Å². The second kappa shape index (κ2) is 10.5. The smallest absolute Gasteiger partial charge is 0.294 e. The molecule has 0 spiro atoms. The Labute approximate surface area is 228 Å². The number of rotatable bonds is 8. The molecular weight excluding hydrogens is 561 g/mol. The lowest BCUT2D eigenvalue weighted by molar-refractivity contribution is 0.278. The summed E-state index contributed by atoms with van der Waals surface area (Å²) in [7, 11) is -3.15. The first-order chi connectivity index (χ1) is 17.8. The minimum Gasteiger partial charge on any atom is -0.495 e. The summed E-state index contributed by atoms with van der Waals surface area (Å²) in [5, 5.41) is 0.0958. The van der Waals surface area contributed by atoms with Crippen molar-refractivity contribution in [2.24, 2.45) is 0 Å². The number of hydrogen-bond acceptors (Lipinski definition) is 5. The van der Waals surface area contributed by atoms with Crippen LogP contribution in [0.15, 0.2) is 65.7 Å². The Morgan fingerprint density at radius 3 is 2.32 bits per heavy atom. The largest absolute Gasteiger partial charge is 0.495 e. The number of nitrogens with zero attached hydrogens (tertiary/aromatic N) is 2. The predicted molar refractivity (Wildman–Crippen MR) is 139 cm³/mol. The normalized spacial score (nSPS) is 12.0. The predicted octanol–water partition coefficient (Wildman–Crippen LogP) is 6.62. The number of halogens is 4. The standard InChI is InChI=1S/C26H22Cl2F2N2O5S/c1-26(2,15-4-9-19(27)22(10-15)36-3)23-13-31-24(32(23)17-7-5-16(29)6-8-17)14-37-25-20(28)11-18(12-21(25)30)38(33,34)35/h4-13H,14H2,1-3H3,(H,33,34,35). The summed E-state index contributed by atoms with van der Waals surface area (Å²) in [4.78, 5) is 3.78. The van der Waals surface area contributed by atoms with E-state index in [1.54, 1.807) is 29.0 Å². The molecule has 0 radical (unpaired) electrons. The highest BCUT2D eigenvalue weighted by atomic mass is 35.5. The third kappa shape index (κ3) is 5.49. The molecule has 4 rings (SSSR count). The van der Waals surface area contributed by atoms with E-state index in [4.69, 9.17) is 32.7 Å². The lowest BCUT2D eigenvalue weighted by atomic mass is 9.81. The van der Waals surface area contributed by atoms with E-state index in [1.807, 2.05) is 26.0 Å². The molecule has 12 heteroatoms. The SMILES string of the molecule is COc1cc(C(C)(C)c2cnc(COc3c(F)cc(S(=O)(=O)O)cc3Cl)n2-c2ccc(F)cc2)ccc1Cl. The van der Waals surface area contributed by atoms with Crippen molar-refractivity contribution in [2.75, 3.05) is 7.11 Å². The van der Waals surface area contributed by atoms with E-state index < -0.39 is 37.8 Å². The van der Waals surface area contributed by atoms with Gasteiger partial charge in [-0.3, -0.25) is 9.12 Å². The van der Waals surface area contributed by atoms with Gasteiger partial charge in [-0.1, -0.05) is 43.1 Å². The van der Waals surface area contributed by atoms with Crippen LogP contribution in [0.25, 0.3) is 5.69 Å². The van der Waals surface area contributed by atoms with Crippen LogP contribution in [0.4, 0.5) is 8.78 Å². The van der Waals surface area contributed by atoms with Crippen molar-refractivity contribution in [3.63, 3.8) is 0 Å². The van der Waals surface area contributed by atoms with E-state index in [0.717, 1.165) is 11.6 Å². The van der Waals surface area contributed by atoms with Crippen molar-refractivity contribution in [1.29, 1.82) is 0 Å². The monoisotopic (exact) mass is 582 g/mol. The Balaban J connectivity index is 1.78. The first-order valence-electron chi connectivity index (χ1n) is 11.1. The van der Waals surface area contributed by atoms with E-state index >= 15 is 0 Å². The maximum absolute atomic E-state index is 14.7. The molecule has 0 atom stereocenters. The molecule has 0 saturated carbocycles. The highest BCUT2D eigenvalue weighted by Crippen LogP contribution is 2.38. The molecule has 0 aliphatic rings. The summed E-state index contributed by atoms with van der Waals surface area (Å²) < 4.78 is 73.0. The first kappa shape index (κ1) is 27.8. The molecule has 1 N–H and O–H groups in total. The fourth-order valence-corrected chi connectivity index (χ4v) is 5.01. The lowest BCUT2D eigenvalue weighted by Gasteiger charge is -2.28. The van der Waals surface area contributed by atoms with Crippen molar-refractivity contribution >= 4 is 33.3 Å². The second-order valence-corrected chi connectivity index (χ2v) is 11.1. The number of imidazole rings is 1. The Bertz CT molecular complexity index is 1580. The van der Waals surface area contributed by atoms with Gasteiger partial charge in [0.1, 0.15) is 18.2 Å². The summed E-state index contributed by atoms with van der Waals surface area (Å²) in [5.41, 5.74) is 1.45. The van der Waals surface area contributed by atoms with E-state index in [9.17, 15) is 21.8 Å². The van der Waals surface area contributed by atoms with Crippen LogP contribution in [0.2, 0.25) is 10.0 Å². The zero-order valence-corrected chi connectivity index (χ0v) is 22.7. The van der Waals surface area contributed by atoms with Gasteiger partial charge in [0.25, 0.3) is 10.1 Å². The van der Waals surface area contributed by atoms with Gasteiger partial charge in [-0.25, -0.2) is 13.8 Å². The molecule has 1 heterocycles. The van der Waals surface area contributed by atoms with Gasteiger partial charge >= 0.3 is 0 Å². The second-order valence-electron chi connectivity index (χ2n) is 8.83. The number of benzene rings is 3. The van der Waals surface area contributed by atoms with Crippen molar-refractivity contribution < 1.29 is 31.2 Å². The van der Waals surface area contributed by atoms with Gasteiger partial charge in [0.15, 0.2) is 17.4 Å². The van der Waals surface area contributed by atoms with Crippen molar-refractivity contribution in [1.82, 2.24) is 9.55 Å². The number of aromatic nitrogens is 2. The molecule has 0 bridgehead atoms. The Morgan fingerprint density at radius 1 is 1.03 bits per heavy atom. The van der Waals surface area contributed by atoms with Crippen LogP contribution in [0.5, 0.6) is 11.5 Å². The van der Waals surface area contributed by atoms with Crippen molar-refractivity contribution in [2.45, 2.75) is 30.8 Å². The molecule has 0 unspecified atom stereocenters. The average molecular weight is 583 g/mol. The quantitative estimate of drug-likeness (QED) is 0.235. The zero-order chi connectivity index (χ0) is 27.8. The molecule has 1 aromatic heterocycles. The molecule has 0 amide bonds. The van der Waals surface area contributed by atoms with Gasteiger partial charge < -0.3 is 9.47 Å². The third-order valence-corrected chi connectivity index (χ3v) is 7.47. The number of methoxy groups -OCH3 is 1. The molecule has 0 saturated heterocycles. The molecule has 3 aromatic carbocycles. The third-order valence-electron chi connectivity index (χ3n) is 6.05. The lowest BCUT2D eigenvalue weighted by Crippen LogP contribution is -2.24. The topological polar surface area (TPSA) is 90.7 Å². The van der Waals surface area contributed by atoms with Crippen LogP contribution in [-0.2, 0) is 22.1 Å². The molecule has 7 nitrogen and oxygen atoms in total. The maximum Gasteiger partial charge on any atom is 0.294 e. The number of hydrogen-bond donors (Lipinski definition) is 1. The molecule has 200 valence electrons. The van der Waals surface area contributed by atoms with E-state index in [2.05, 4.69) is 4.98 Å². The summed E-state index contributed by atoms with van der Waals surface area (Å²) in [5.74, 6) is -1.11. The highest BCUT2D eigenvalue weighted by molar-refractivity contribution is 7.85. The minimum absolute atomic E-state index is 0.279. The summed E-state index contributed by atoms with van der Waals surface area (Å²) in [6.45, 7) is 3.64. The molecule has 0 fully saturated rings. The van der Waals surface area contributed by atoms with Gasteiger partial charge in [-0.05, 0) is 54.1 Å². The minimum atomic E-state index is -4.67. The summed E-state index contributed by atoms with van der Waals surface area (Å²) in [6, 6.07) is 12.6. The van der Waals surface area contributed by atoms with Gasteiger partial charge in [-0.2, -0.15) is 8.42 Å². The van der Waals surface area contributed by atoms with Crippen molar-refractivity contribution in [3.8, 4) is 17.2 Å². The maximum atomic E-state index is 14.7. The fourth-order valence-electron chi connectivity index (χ4n) is 3.97. The molecule has 4 aromatic rings. The first-order valence-corrected chi connectivity index (χ1v) is 13.3. The average Bonchev–Trinajstić information content (AvgIpc) is 3.28. The van der Waals surface area contributed by atoms with E-state index in [-0.39, 0.29) is 11.6 Å². The molecule has 0 aliphatic carbocycles. The van der Waals surface area contributed by atoms with Crippen LogP contribution in [-0.4, -0.2) is 29.6 Å². The van der Waals surface area contributed by atoms with Crippen LogP contribution in [0, 0.1) is 11.6 Å². The summed E-state index contributed by atoms with van der Waals surface area (Å²) in [6.07, 6.45) is 1.63. The van der Waals surface area contributed by atoms with Crippen LogP contribution in [0.3, 0.4) is 0 Å². The van der Waals surface area contributed by atoms with Crippen LogP contribution >= 0.6 is 23.2 Å². The Kier molecular flexibility index (Phi) is 7.72. The Morgan fingerprint density at radius 2 is 1.71 bits per heavy atom. The molecular formula is C26H22Cl2F2N2O5S. The summed E-state index contributed by atoms with van der Waals surface area (Å²) >= 11 is 12.3.